The van der Waals surface area contributed by atoms with Gasteiger partial charge in [-0.2, -0.15) is 0 Å². The van der Waals surface area contributed by atoms with E-state index in [1.807, 2.05) is 12.1 Å². The van der Waals surface area contributed by atoms with E-state index in [1.54, 1.807) is 7.11 Å². The molecule has 124 valence electrons. The molecule has 1 aromatic rings. The minimum absolute atomic E-state index is 0.0165. The highest BCUT2D eigenvalue weighted by atomic mass is 16.5. The topological polar surface area (TPSA) is 45.7 Å². The molecule has 0 aromatic heterocycles. The Balaban J connectivity index is 2.56. The Morgan fingerprint density at radius 3 is 2.36 bits per heavy atom. The summed E-state index contributed by atoms with van der Waals surface area (Å²) in [4.78, 5) is 4.67. The second kappa shape index (κ2) is 8.66. The number of rotatable bonds is 6. The predicted molar refractivity (Wildman–Crippen MR) is 94.9 cm³/mol. The highest BCUT2D eigenvalue weighted by Gasteiger charge is 2.12. The third-order valence-corrected chi connectivity index (χ3v) is 3.35. The van der Waals surface area contributed by atoms with Gasteiger partial charge in [-0.05, 0) is 57.7 Å². The van der Waals surface area contributed by atoms with Gasteiger partial charge in [0, 0.05) is 18.6 Å². The van der Waals surface area contributed by atoms with Crippen LogP contribution in [0.5, 0.6) is 5.75 Å². The standard InChI is InChI=1S/C18H31N3O/c1-7-19-17(21-18(3,4)5)20-13-12-14(2)15-8-10-16(22-6)11-9-15/h8-11,14H,7,12-13H2,1-6H3,(H2,19,20,21). The largest absolute Gasteiger partial charge is 0.497 e. The number of aliphatic imine (C=N–C) groups is 1. The molecule has 4 heteroatoms. The van der Waals surface area contributed by atoms with E-state index in [-0.39, 0.29) is 5.54 Å². The van der Waals surface area contributed by atoms with Crippen molar-refractivity contribution in [3.63, 3.8) is 0 Å². The van der Waals surface area contributed by atoms with Gasteiger partial charge in [-0.25, -0.2) is 0 Å². The lowest BCUT2D eigenvalue weighted by Crippen LogP contribution is -2.47. The highest BCUT2D eigenvalue weighted by molar-refractivity contribution is 5.80. The number of ether oxygens (including phenoxy) is 1. The molecule has 0 aliphatic heterocycles. The number of nitrogens with one attached hydrogen (secondary N) is 2. The van der Waals surface area contributed by atoms with E-state index in [4.69, 9.17) is 4.74 Å². The molecule has 1 rings (SSSR count). The maximum absolute atomic E-state index is 5.20. The Hall–Kier alpha value is -1.71. The Kier molecular flexibility index (Phi) is 7.22. The van der Waals surface area contributed by atoms with E-state index < -0.39 is 0 Å². The van der Waals surface area contributed by atoms with Crippen LogP contribution in [0.4, 0.5) is 0 Å². The summed E-state index contributed by atoms with van der Waals surface area (Å²) in [6, 6.07) is 8.29. The van der Waals surface area contributed by atoms with Gasteiger partial charge in [0.05, 0.1) is 7.11 Å². The van der Waals surface area contributed by atoms with Gasteiger partial charge in [-0.15, -0.1) is 0 Å². The molecule has 22 heavy (non-hydrogen) atoms. The molecule has 0 aliphatic rings. The quantitative estimate of drug-likeness (QED) is 0.624. The van der Waals surface area contributed by atoms with Crippen LogP contribution in [-0.2, 0) is 0 Å². The molecule has 0 heterocycles. The molecule has 0 saturated heterocycles. The number of guanidine groups is 1. The lowest BCUT2D eigenvalue weighted by molar-refractivity contribution is 0.414. The summed E-state index contributed by atoms with van der Waals surface area (Å²) >= 11 is 0. The summed E-state index contributed by atoms with van der Waals surface area (Å²) in [5.41, 5.74) is 1.34. The molecule has 0 radical (unpaired) electrons. The average molecular weight is 305 g/mol. The van der Waals surface area contributed by atoms with Crippen molar-refractivity contribution in [1.29, 1.82) is 0 Å². The summed E-state index contributed by atoms with van der Waals surface area (Å²) in [5.74, 6) is 2.27. The van der Waals surface area contributed by atoms with E-state index in [0.29, 0.717) is 5.92 Å². The maximum Gasteiger partial charge on any atom is 0.191 e. The van der Waals surface area contributed by atoms with Gasteiger partial charge in [0.2, 0.25) is 0 Å². The Morgan fingerprint density at radius 1 is 1.23 bits per heavy atom. The average Bonchev–Trinajstić information content (AvgIpc) is 2.46. The molecular weight excluding hydrogens is 274 g/mol. The predicted octanol–water partition coefficient (Wildman–Crippen LogP) is 3.54. The van der Waals surface area contributed by atoms with Gasteiger partial charge in [0.1, 0.15) is 5.75 Å². The van der Waals surface area contributed by atoms with Crippen LogP contribution in [-0.4, -0.2) is 31.7 Å². The van der Waals surface area contributed by atoms with Crippen molar-refractivity contribution in [2.24, 2.45) is 4.99 Å². The molecule has 0 bridgehead atoms. The molecular formula is C18H31N3O. The van der Waals surface area contributed by atoms with Crippen molar-refractivity contribution < 1.29 is 4.74 Å². The normalized spacial score (nSPS) is 13.6. The van der Waals surface area contributed by atoms with Crippen LogP contribution in [0.2, 0.25) is 0 Å². The number of hydrogen-bond donors (Lipinski definition) is 2. The molecule has 0 amide bonds. The van der Waals surface area contributed by atoms with Crippen LogP contribution in [0.15, 0.2) is 29.3 Å². The Labute approximate surface area is 135 Å². The fourth-order valence-corrected chi connectivity index (χ4v) is 2.13. The zero-order valence-electron chi connectivity index (χ0n) is 14.9. The molecule has 0 aliphatic carbocycles. The fraction of sp³-hybridized carbons (Fsp3) is 0.611. The van der Waals surface area contributed by atoms with E-state index >= 15 is 0 Å². The number of benzene rings is 1. The number of hydrogen-bond acceptors (Lipinski definition) is 2. The summed E-state index contributed by atoms with van der Waals surface area (Å²) in [5, 5.41) is 6.70. The third kappa shape index (κ3) is 6.83. The number of nitrogens with zero attached hydrogens (tertiary/aromatic N) is 1. The summed E-state index contributed by atoms with van der Waals surface area (Å²) in [6.45, 7) is 12.4. The van der Waals surface area contributed by atoms with Crippen LogP contribution in [0.25, 0.3) is 0 Å². The zero-order chi connectivity index (χ0) is 16.6. The SMILES string of the molecule is CCNC(=NCCC(C)c1ccc(OC)cc1)NC(C)(C)C. The second-order valence-electron chi connectivity index (χ2n) is 6.60. The number of methoxy groups -OCH3 is 1. The summed E-state index contributed by atoms with van der Waals surface area (Å²) in [6.07, 6.45) is 1.02. The van der Waals surface area contributed by atoms with Crippen molar-refractivity contribution >= 4 is 5.96 Å². The monoisotopic (exact) mass is 305 g/mol. The van der Waals surface area contributed by atoms with E-state index in [1.165, 1.54) is 5.56 Å². The smallest absolute Gasteiger partial charge is 0.191 e. The van der Waals surface area contributed by atoms with Gasteiger partial charge in [-0.1, -0.05) is 19.1 Å². The van der Waals surface area contributed by atoms with Crippen molar-refractivity contribution in [1.82, 2.24) is 10.6 Å². The minimum atomic E-state index is 0.0165. The molecule has 1 unspecified atom stereocenters. The molecule has 1 aromatic carbocycles. The van der Waals surface area contributed by atoms with Crippen LogP contribution in [0, 0.1) is 0 Å². The van der Waals surface area contributed by atoms with Crippen molar-refractivity contribution in [3.8, 4) is 5.75 Å². The molecule has 0 spiro atoms. The molecule has 1 atom stereocenters. The van der Waals surface area contributed by atoms with Crippen LogP contribution in [0.1, 0.15) is 52.5 Å². The summed E-state index contributed by atoms with van der Waals surface area (Å²) < 4.78 is 5.20. The van der Waals surface area contributed by atoms with Gasteiger partial charge in [0.15, 0.2) is 5.96 Å². The molecule has 0 fully saturated rings. The Bertz CT molecular complexity index is 460. The third-order valence-electron chi connectivity index (χ3n) is 3.35. The van der Waals surface area contributed by atoms with Gasteiger partial charge >= 0.3 is 0 Å². The van der Waals surface area contributed by atoms with E-state index in [0.717, 1.165) is 31.2 Å². The zero-order valence-corrected chi connectivity index (χ0v) is 14.9. The second-order valence-corrected chi connectivity index (χ2v) is 6.60. The van der Waals surface area contributed by atoms with Crippen LogP contribution < -0.4 is 15.4 Å². The molecule has 2 N–H and O–H groups in total. The molecule has 0 saturated carbocycles. The van der Waals surface area contributed by atoms with Crippen molar-refractivity contribution in [3.05, 3.63) is 29.8 Å². The fourth-order valence-electron chi connectivity index (χ4n) is 2.13. The van der Waals surface area contributed by atoms with Crippen LogP contribution in [0.3, 0.4) is 0 Å². The first-order chi connectivity index (χ1) is 10.4. The highest BCUT2D eigenvalue weighted by Crippen LogP contribution is 2.21. The lowest BCUT2D eigenvalue weighted by atomic mass is 9.98. The van der Waals surface area contributed by atoms with E-state index in [9.17, 15) is 0 Å². The lowest BCUT2D eigenvalue weighted by Gasteiger charge is -2.24. The van der Waals surface area contributed by atoms with E-state index in [2.05, 4.69) is 62.4 Å². The maximum atomic E-state index is 5.20. The first kappa shape index (κ1) is 18.3. The van der Waals surface area contributed by atoms with Gasteiger partial charge < -0.3 is 15.4 Å². The summed E-state index contributed by atoms with van der Waals surface area (Å²) in [7, 11) is 1.69. The first-order valence-corrected chi connectivity index (χ1v) is 8.06. The first-order valence-electron chi connectivity index (χ1n) is 8.06. The van der Waals surface area contributed by atoms with Gasteiger partial charge in [-0.3, -0.25) is 4.99 Å². The van der Waals surface area contributed by atoms with Crippen LogP contribution >= 0.6 is 0 Å². The Morgan fingerprint density at radius 2 is 1.86 bits per heavy atom. The van der Waals surface area contributed by atoms with Crippen molar-refractivity contribution in [2.45, 2.75) is 52.5 Å². The van der Waals surface area contributed by atoms with Gasteiger partial charge in [0.25, 0.3) is 0 Å². The van der Waals surface area contributed by atoms with Crippen molar-refractivity contribution in [2.75, 3.05) is 20.2 Å². The molecule has 4 nitrogen and oxygen atoms in total. The minimum Gasteiger partial charge on any atom is -0.497 e.